The maximum Gasteiger partial charge on any atom is 0.188 e. The first-order chi connectivity index (χ1) is 5.29. The largest absolute Gasteiger partial charge is 0.287 e. The minimum atomic E-state index is 0.402. The third kappa shape index (κ3) is 3.80. The fraction of sp³-hybridized carbons (Fsp3) is 0.889. The van der Waals surface area contributed by atoms with Gasteiger partial charge in [-0.15, -0.1) is 0 Å². The lowest BCUT2D eigenvalue weighted by Crippen LogP contribution is -1.99. The molecule has 0 bridgehead atoms. The summed E-state index contributed by atoms with van der Waals surface area (Å²) in [5.41, 5.74) is 0. The average molecular weight is 172 g/mol. The molecule has 0 aromatic rings. The molecule has 1 atom stereocenters. The topological polar surface area (TPSA) is 17.1 Å². The second-order valence-corrected chi connectivity index (χ2v) is 4.46. The van der Waals surface area contributed by atoms with E-state index in [4.69, 9.17) is 0 Å². The molecule has 0 saturated carbocycles. The Morgan fingerprint density at radius 3 is 3.00 bits per heavy atom. The van der Waals surface area contributed by atoms with E-state index in [-0.39, 0.29) is 0 Å². The fourth-order valence-electron chi connectivity index (χ4n) is 1.33. The molecule has 0 aliphatic carbocycles. The van der Waals surface area contributed by atoms with Crippen LogP contribution in [0.3, 0.4) is 0 Å². The molecule has 1 nitrogen and oxygen atoms in total. The molecule has 0 amide bonds. The highest BCUT2D eigenvalue weighted by Gasteiger charge is 2.09. The predicted molar refractivity (Wildman–Crippen MR) is 49.7 cm³/mol. The lowest BCUT2D eigenvalue weighted by Gasteiger charge is -2.06. The van der Waals surface area contributed by atoms with Crippen LogP contribution in [-0.2, 0) is 4.79 Å². The Morgan fingerprint density at radius 1 is 1.36 bits per heavy atom. The Bertz CT molecular complexity index is 134. The summed E-state index contributed by atoms with van der Waals surface area (Å²) in [7, 11) is 0. The molecule has 1 rings (SSSR count). The highest BCUT2D eigenvalue weighted by molar-refractivity contribution is 8.13. The quantitative estimate of drug-likeness (QED) is 0.559. The van der Waals surface area contributed by atoms with Crippen LogP contribution in [0, 0.1) is 5.92 Å². The standard InChI is InChI=1S/C9H16OS/c1-8-5-3-2-4-6-9(10)11-7-8/h8H,2-7H2,1H3. The Labute approximate surface area is 72.9 Å². The maximum atomic E-state index is 11.1. The minimum absolute atomic E-state index is 0.402. The van der Waals surface area contributed by atoms with E-state index in [2.05, 4.69) is 6.92 Å². The van der Waals surface area contributed by atoms with Crippen molar-refractivity contribution < 1.29 is 4.79 Å². The van der Waals surface area contributed by atoms with E-state index >= 15 is 0 Å². The lowest BCUT2D eigenvalue weighted by atomic mass is 10.0. The molecular weight excluding hydrogens is 156 g/mol. The molecule has 64 valence electrons. The summed E-state index contributed by atoms with van der Waals surface area (Å²) in [5, 5.41) is 0.402. The smallest absolute Gasteiger partial charge is 0.188 e. The summed E-state index contributed by atoms with van der Waals surface area (Å²) in [5.74, 6) is 1.78. The zero-order chi connectivity index (χ0) is 8.10. The highest BCUT2D eigenvalue weighted by atomic mass is 32.2. The van der Waals surface area contributed by atoms with Gasteiger partial charge in [-0.05, 0) is 18.8 Å². The van der Waals surface area contributed by atoms with Crippen LogP contribution in [-0.4, -0.2) is 10.9 Å². The summed E-state index contributed by atoms with van der Waals surface area (Å²) in [4.78, 5) is 11.1. The summed E-state index contributed by atoms with van der Waals surface area (Å²) >= 11 is 1.53. The first-order valence-electron chi connectivity index (χ1n) is 4.44. The van der Waals surface area contributed by atoms with Crippen LogP contribution in [0.5, 0.6) is 0 Å². The van der Waals surface area contributed by atoms with Gasteiger partial charge in [0.25, 0.3) is 0 Å². The number of carbonyl (C=O) groups is 1. The van der Waals surface area contributed by atoms with Crippen molar-refractivity contribution in [2.45, 2.75) is 39.0 Å². The van der Waals surface area contributed by atoms with Crippen LogP contribution >= 0.6 is 11.8 Å². The molecule has 0 aromatic carbocycles. The van der Waals surface area contributed by atoms with Gasteiger partial charge in [0.1, 0.15) is 0 Å². The van der Waals surface area contributed by atoms with Gasteiger partial charge >= 0.3 is 0 Å². The van der Waals surface area contributed by atoms with E-state index in [1.165, 1.54) is 31.0 Å². The van der Waals surface area contributed by atoms with Crippen molar-refractivity contribution in [3.63, 3.8) is 0 Å². The summed E-state index contributed by atoms with van der Waals surface area (Å²) in [6.07, 6.45) is 5.78. The van der Waals surface area contributed by atoms with E-state index in [1.54, 1.807) is 0 Å². The number of hydrogen-bond donors (Lipinski definition) is 0. The van der Waals surface area contributed by atoms with E-state index in [1.807, 2.05) is 0 Å². The molecule has 1 fully saturated rings. The van der Waals surface area contributed by atoms with E-state index in [0.29, 0.717) is 5.12 Å². The van der Waals surface area contributed by atoms with Gasteiger partial charge in [-0.25, -0.2) is 0 Å². The molecule has 0 aromatic heterocycles. The molecule has 1 unspecified atom stereocenters. The Balaban J connectivity index is 2.31. The van der Waals surface area contributed by atoms with Gasteiger partial charge in [-0.3, -0.25) is 4.79 Å². The van der Waals surface area contributed by atoms with Gasteiger partial charge in [-0.2, -0.15) is 0 Å². The lowest BCUT2D eigenvalue weighted by molar-refractivity contribution is -0.111. The number of rotatable bonds is 0. The Hall–Kier alpha value is 0.0200. The van der Waals surface area contributed by atoms with Crippen LogP contribution in [0.25, 0.3) is 0 Å². The van der Waals surface area contributed by atoms with E-state index in [9.17, 15) is 4.79 Å². The number of carbonyl (C=O) groups excluding carboxylic acids is 1. The van der Waals surface area contributed by atoms with Gasteiger partial charge < -0.3 is 0 Å². The van der Waals surface area contributed by atoms with Crippen molar-refractivity contribution in [1.82, 2.24) is 0 Å². The third-order valence-electron chi connectivity index (χ3n) is 2.11. The first kappa shape index (κ1) is 9.11. The average Bonchev–Trinajstić information content (AvgIpc) is 2.06. The molecule has 0 radical (unpaired) electrons. The van der Waals surface area contributed by atoms with Crippen LogP contribution in [0.2, 0.25) is 0 Å². The molecule has 1 aliphatic rings. The molecule has 0 N–H and O–H groups in total. The Morgan fingerprint density at radius 2 is 2.18 bits per heavy atom. The van der Waals surface area contributed by atoms with Crippen molar-refractivity contribution in [3.8, 4) is 0 Å². The first-order valence-corrected chi connectivity index (χ1v) is 5.43. The molecule has 2 heteroatoms. The number of hydrogen-bond acceptors (Lipinski definition) is 2. The summed E-state index contributed by atoms with van der Waals surface area (Å²) in [6, 6.07) is 0. The summed E-state index contributed by atoms with van der Waals surface area (Å²) < 4.78 is 0. The molecule has 1 heterocycles. The zero-order valence-corrected chi connectivity index (χ0v) is 7.95. The normalized spacial score (nSPS) is 28.8. The van der Waals surface area contributed by atoms with Gasteiger partial charge in [-0.1, -0.05) is 31.5 Å². The summed E-state index contributed by atoms with van der Waals surface area (Å²) in [6.45, 7) is 2.24. The molecule has 11 heavy (non-hydrogen) atoms. The van der Waals surface area contributed by atoms with Crippen molar-refractivity contribution in [1.29, 1.82) is 0 Å². The molecular formula is C9H16OS. The molecule has 1 saturated heterocycles. The van der Waals surface area contributed by atoms with Gasteiger partial charge in [0, 0.05) is 12.2 Å². The number of thioether (sulfide) groups is 1. The minimum Gasteiger partial charge on any atom is -0.287 e. The van der Waals surface area contributed by atoms with Crippen LogP contribution in [0.4, 0.5) is 0 Å². The van der Waals surface area contributed by atoms with Crippen molar-refractivity contribution in [2.75, 3.05) is 5.75 Å². The third-order valence-corrected chi connectivity index (χ3v) is 3.37. The van der Waals surface area contributed by atoms with Crippen LogP contribution in [0.1, 0.15) is 39.0 Å². The van der Waals surface area contributed by atoms with Crippen molar-refractivity contribution in [3.05, 3.63) is 0 Å². The SMILES string of the molecule is CC1CCCCCC(=O)SC1. The van der Waals surface area contributed by atoms with Gasteiger partial charge in [0.15, 0.2) is 5.12 Å². The highest BCUT2D eigenvalue weighted by Crippen LogP contribution is 2.21. The van der Waals surface area contributed by atoms with Crippen molar-refractivity contribution in [2.24, 2.45) is 5.92 Å². The zero-order valence-electron chi connectivity index (χ0n) is 7.14. The van der Waals surface area contributed by atoms with Gasteiger partial charge in [0.05, 0.1) is 0 Å². The van der Waals surface area contributed by atoms with E-state index < -0.39 is 0 Å². The van der Waals surface area contributed by atoms with E-state index in [0.717, 1.165) is 24.5 Å². The monoisotopic (exact) mass is 172 g/mol. The van der Waals surface area contributed by atoms with Crippen LogP contribution < -0.4 is 0 Å². The van der Waals surface area contributed by atoms with Gasteiger partial charge in [0.2, 0.25) is 0 Å². The van der Waals surface area contributed by atoms with Crippen molar-refractivity contribution >= 4 is 16.9 Å². The predicted octanol–water partition coefficient (Wildman–Crippen LogP) is 2.85. The fourth-order valence-corrected chi connectivity index (χ4v) is 2.26. The Kier molecular flexibility index (Phi) is 3.98. The van der Waals surface area contributed by atoms with Crippen LogP contribution in [0.15, 0.2) is 0 Å². The maximum absolute atomic E-state index is 11.1. The second-order valence-electron chi connectivity index (χ2n) is 3.39. The second kappa shape index (κ2) is 4.81. The molecule has 1 aliphatic heterocycles. The molecule has 0 spiro atoms.